The fourth-order valence-electron chi connectivity index (χ4n) is 2.46. The minimum atomic E-state index is -3.33. The van der Waals surface area contributed by atoms with Gasteiger partial charge in [0.1, 0.15) is 0 Å². The molecule has 0 saturated heterocycles. The van der Waals surface area contributed by atoms with Crippen molar-refractivity contribution in [2.24, 2.45) is 0 Å². The van der Waals surface area contributed by atoms with E-state index in [1.807, 2.05) is 0 Å². The lowest BCUT2D eigenvalue weighted by Crippen LogP contribution is -2.26. The number of carbonyl (C=O) groups is 1. The maximum Gasteiger partial charge on any atom is 0.272 e. The van der Waals surface area contributed by atoms with Gasteiger partial charge in [-0.3, -0.25) is 14.3 Å². The van der Waals surface area contributed by atoms with E-state index in [1.165, 1.54) is 0 Å². The molecule has 0 aliphatic rings. The van der Waals surface area contributed by atoms with E-state index in [2.05, 4.69) is 20.2 Å². The minimum Gasteiger partial charge on any atom is -0.347 e. The number of aromatic nitrogens is 2. The quantitative estimate of drug-likeness (QED) is 0.622. The molecule has 0 radical (unpaired) electrons. The average Bonchev–Trinajstić information content (AvgIpc) is 2.60. The Morgan fingerprint density at radius 3 is 2.38 bits per heavy atom. The van der Waals surface area contributed by atoms with Crippen LogP contribution >= 0.6 is 0 Å². The molecule has 3 rings (SSSR count). The van der Waals surface area contributed by atoms with Crippen molar-refractivity contribution in [2.75, 3.05) is 11.0 Å². The number of aromatic amines is 1. The molecule has 3 N–H and O–H groups in total. The minimum absolute atomic E-state index is 0.135. The summed E-state index contributed by atoms with van der Waals surface area (Å²) in [7, 11) is -3.33. The number of sulfonamides is 1. The fourth-order valence-corrected chi connectivity index (χ4v) is 3.02. The summed E-state index contributed by atoms with van der Waals surface area (Å²) in [4.78, 5) is 24.2. The average molecular weight is 372 g/mol. The SMILES string of the molecule is CS(=O)(=O)Nc1ccc(CNC(=O)c2n[nH]c(=O)c3ccccc23)cc1. The second-order valence-electron chi connectivity index (χ2n) is 5.70. The number of hydrogen-bond acceptors (Lipinski definition) is 5. The van der Waals surface area contributed by atoms with Crippen molar-refractivity contribution in [3.8, 4) is 0 Å². The van der Waals surface area contributed by atoms with Gasteiger partial charge in [0.05, 0.1) is 11.6 Å². The van der Waals surface area contributed by atoms with Gasteiger partial charge in [-0.2, -0.15) is 5.10 Å². The second-order valence-corrected chi connectivity index (χ2v) is 7.45. The van der Waals surface area contributed by atoms with E-state index in [0.29, 0.717) is 16.5 Å². The molecule has 9 heteroatoms. The normalized spacial score (nSPS) is 11.3. The van der Waals surface area contributed by atoms with Gasteiger partial charge >= 0.3 is 0 Å². The lowest BCUT2D eigenvalue weighted by atomic mass is 10.1. The first-order valence-corrected chi connectivity index (χ1v) is 9.55. The number of hydrogen-bond donors (Lipinski definition) is 3. The highest BCUT2D eigenvalue weighted by molar-refractivity contribution is 7.92. The molecule has 1 aromatic heterocycles. The van der Waals surface area contributed by atoms with Crippen LogP contribution in [0.15, 0.2) is 53.3 Å². The number of nitrogens with zero attached hydrogens (tertiary/aromatic N) is 1. The van der Waals surface area contributed by atoms with E-state index in [4.69, 9.17) is 0 Å². The number of amides is 1. The standard InChI is InChI=1S/C17H16N4O4S/c1-26(24,25)21-12-8-6-11(7-9-12)10-18-17(23)15-13-4-2-3-5-14(13)16(22)20-19-15/h2-9,21H,10H2,1H3,(H,18,23)(H,20,22). The number of carbonyl (C=O) groups excluding carboxylic acids is 1. The van der Waals surface area contributed by atoms with Crippen molar-refractivity contribution in [3.05, 3.63) is 70.1 Å². The van der Waals surface area contributed by atoms with Gasteiger partial charge in [0.2, 0.25) is 10.0 Å². The van der Waals surface area contributed by atoms with Crippen LogP contribution in [-0.4, -0.2) is 30.8 Å². The molecule has 1 amide bonds. The Bertz CT molecular complexity index is 1120. The lowest BCUT2D eigenvalue weighted by molar-refractivity contribution is 0.0946. The van der Waals surface area contributed by atoms with Crippen molar-refractivity contribution in [1.29, 1.82) is 0 Å². The van der Waals surface area contributed by atoms with E-state index < -0.39 is 15.9 Å². The van der Waals surface area contributed by atoms with Crippen molar-refractivity contribution in [3.63, 3.8) is 0 Å². The summed E-state index contributed by atoms with van der Waals surface area (Å²) in [6.45, 7) is 0.229. The summed E-state index contributed by atoms with van der Waals surface area (Å²) in [5.74, 6) is -0.421. The van der Waals surface area contributed by atoms with Crippen LogP contribution in [0.2, 0.25) is 0 Å². The molecule has 0 spiro atoms. The summed E-state index contributed by atoms with van der Waals surface area (Å²) in [6.07, 6.45) is 1.07. The monoisotopic (exact) mass is 372 g/mol. The number of benzene rings is 2. The van der Waals surface area contributed by atoms with Crippen LogP contribution < -0.4 is 15.6 Å². The van der Waals surface area contributed by atoms with E-state index in [0.717, 1.165) is 11.8 Å². The molecular formula is C17H16N4O4S. The van der Waals surface area contributed by atoms with Crippen LogP contribution in [0.4, 0.5) is 5.69 Å². The van der Waals surface area contributed by atoms with Gasteiger partial charge in [-0.05, 0) is 23.8 Å². The molecule has 8 nitrogen and oxygen atoms in total. The van der Waals surface area contributed by atoms with Crippen molar-refractivity contribution in [1.82, 2.24) is 15.5 Å². The Balaban J connectivity index is 1.74. The zero-order valence-electron chi connectivity index (χ0n) is 13.8. The third-order valence-electron chi connectivity index (χ3n) is 3.62. The molecule has 3 aromatic rings. The summed E-state index contributed by atoms with van der Waals surface area (Å²) in [5.41, 5.74) is 1.00. The highest BCUT2D eigenvalue weighted by Gasteiger charge is 2.13. The first-order valence-electron chi connectivity index (χ1n) is 7.66. The molecule has 0 fully saturated rings. The number of rotatable bonds is 5. The third-order valence-corrected chi connectivity index (χ3v) is 4.23. The molecule has 0 atom stereocenters. The molecule has 2 aromatic carbocycles. The zero-order valence-corrected chi connectivity index (χ0v) is 14.6. The molecule has 0 unspecified atom stereocenters. The van der Waals surface area contributed by atoms with E-state index in [-0.39, 0.29) is 17.8 Å². The van der Waals surface area contributed by atoms with Crippen LogP contribution in [0.5, 0.6) is 0 Å². The predicted octanol–water partition coefficient (Wildman–Crippen LogP) is 1.22. The van der Waals surface area contributed by atoms with Crippen LogP contribution in [0.25, 0.3) is 10.8 Å². The number of fused-ring (bicyclic) bond motifs is 1. The Hall–Kier alpha value is -3.20. The van der Waals surface area contributed by atoms with Crippen LogP contribution in [0, 0.1) is 0 Å². The summed E-state index contributed by atoms with van der Waals surface area (Å²) < 4.78 is 24.7. The highest BCUT2D eigenvalue weighted by atomic mass is 32.2. The topological polar surface area (TPSA) is 121 Å². The van der Waals surface area contributed by atoms with Crippen LogP contribution in [0.1, 0.15) is 16.1 Å². The third kappa shape index (κ3) is 4.06. The van der Waals surface area contributed by atoms with Gasteiger partial charge in [0.15, 0.2) is 5.69 Å². The second kappa shape index (κ2) is 6.96. The molecule has 0 saturated carbocycles. The van der Waals surface area contributed by atoms with Gasteiger partial charge in [-0.25, -0.2) is 13.5 Å². The van der Waals surface area contributed by atoms with Crippen LogP contribution in [0.3, 0.4) is 0 Å². The van der Waals surface area contributed by atoms with Gasteiger partial charge < -0.3 is 5.32 Å². The zero-order chi connectivity index (χ0) is 18.7. The highest BCUT2D eigenvalue weighted by Crippen LogP contribution is 2.13. The van der Waals surface area contributed by atoms with Gasteiger partial charge in [-0.15, -0.1) is 0 Å². The lowest BCUT2D eigenvalue weighted by Gasteiger charge is -2.08. The van der Waals surface area contributed by atoms with Gasteiger partial charge in [0.25, 0.3) is 11.5 Å². The van der Waals surface area contributed by atoms with Gasteiger partial charge in [-0.1, -0.05) is 30.3 Å². The molecule has 26 heavy (non-hydrogen) atoms. The predicted molar refractivity (Wildman–Crippen MR) is 98.4 cm³/mol. The maximum atomic E-state index is 12.4. The van der Waals surface area contributed by atoms with Crippen molar-refractivity contribution < 1.29 is 13.2 Å². The number of nitrogens with one attached hydrogen (secondary N) is 3. The first kappa shape index (κ1) is 17.6. The summed E-state index contributed by atoms with van der Waals surface area (Å²) in [5, 5.41) is 9.76. The van der Waals surface area contributed by atoms with E-state index in [9.17, 15) is 18.0 Å². The Labute approximate surface area is 149 Å². The maximum absolute atomic E-state index is 12.4. The summed E-state index contributed by atoms with van der Waals surface area (Å²) in [6, 6.07) is 13.3. The Morgan fingerprint density at radius 2 is 1.73 bits per heavy atom. The van der Waals surface area contributed by atoms with E-state index in [1.54, 1.807) is 48.5 Å². The largest absolute Gasteiger partial charge is 0.347 e. The molecule has 0 aliphatic carbocycles. The van der Waals surface area contributed by atoms with E-state index >= 15 is 0 Å². The molecular weight excluding hydrogens is 356 g/mol. The molecule has 134 valence electrons. The fraction of sp³-hybridized carbons (Fsp3) is 0.118. The summed E-state index contributed by atoms with van der Waals surface area (Å²) >= 11 is 0. The smallest absolute Gasteiger partial charge is 0.272 e. The van der Waals surface area contributed by atoms with Crippen molar-refractivity contribution >= 4 is 32.4 Å². The van der Waals surface area contributed by atoms with Crippen LogP contribution in [-0.2, 0) is 16.6 Å². The molecule has 0 aliphatic heterocycles. The Kier molecular flexibility index (Phi) is 4.72. The van der Waals surface area contributed by atoms with Gasteiger partial charge in [0, 0.05) is 17.6 Å². The number of H-pyrrole nitrogens is 1. The first-order chi connectivity index (χ1) is 12.3. The van der Waals surface area contributed by atoms with Crippen molar-refractivity contribution in [2.45, 2.75) is 6.54 Å². The Morgan fingerprint density at radius 1 is 1.08 bits per heavy atom. The molecule has 0 bridgehead atoms. The molecule has 1 heterocycles. The number of anilines is 1.